The van der Waals surface area contributed by atoms with Gasteiger partial charge in [-0.3, -0.25) is 4.79 Å². The zero-order valence-corrected chi connectivity index (χ0v) is 12.3. The highest BCUT2D eigenvalue weighted by atomic mass is 16.2. The molecule has 1 saturated heterocycles. The van der Waals surface area contributed by atoms with Gasteiger partial charge in [0.05, 0.1) is 0 Å². The van der Waals surface area contributed by atoms with Crippen molar-refractivity contribution in [3.8, 4) is 11.8 Å². The van der Waals surface area contributed by atoms with Crippen molar-refractivity contribution < 1.29 is 4.79 Å². The summed E-state index contributed by atoms with van der Waals surface area (Å²) < 4.78 is 0. The van der Waals surface area contributed by atoms with Gasteiger partial charge in [-0.1, -0.05) is 24.1 Å². The summed E-state index contributed by atoms with van der Waals surface area (Å²) in [6, 6.07) is 10.2. The van der Waals surface area contributed by atoms with Crippen molar-refractivity contribution in [2.75, 3.05) is 19.6 Å². The maximum atomic E-state index is 12.4. The molecule has 3 heteroatoms. The lowest BCUT2D eigenvalue weighted by Crippen LogP contribution is -2.41. The van der Waals surface area contributed by atoms with E-state index >= 15 is 0 Å². The first-order valence-corrected chi connectivity index (χ1v) is 7.90. The molecule has 0 aromatic heterocycles. The van der Waals surface area contributed by atoms with E-state index in [-0.39, 0.29) is 5.91 Å². The summed E-state index contributed by atoms with van der Waals surface area (Å²) >= 11 is 0. The number of nitrogens with zero attached hydrogens (tertiary/aromatic N) is 1. The van der Waals surface area contributed by atoms with Gasteiger partial charge < -0.3 is 10.2 Å². The van der Waals surface area contributed by atoms with E-state index in [9.17, 15) is 4.79 Å². The Morgan fingerprint density at radius 1 is 1.19 bits per heavy atom. The standard InChI is InChI=1S/C18H22N2O/c21-18(11-10-15-5-2-1-3-6-15)20(13-16-8-9-16)14-17-7-4-12-19-17/h1-3,5-6,16-17,19H,4,7-9,12-14H2. The molecule has 1 unspecified atom stereocenters. The minimum atomic E-state index is -0.0283. The van der Waals surface area contributed by atoms with Crippen LogP contribution in [-0.2, 0) is 4.79 Å². The van der Waals surface area contributed by atoms with Crippen molar-refractivity contribution in [3.63, 3.8) is 0 Å². The van der Waals surface area contributed by atoms with Crippen molar-refractivity contribution in [3.05, 3.63) is 35.9 Å². The second-order valence-corrected chi connectivity index (χ2v) is 6.06. The molecule has 1 amide bonds. The Labute approximate surface area is 126 Å². The third-order valence-corrected chi connectivity index (χ3v) is 4.15. The van der Waals surface area contributed by atoms with Gasteiger partial charge in [0.1, 0.15) is 0 Å². The molecule has 1 aliphatic heterocycles. The number of carbonyl (C=O) groups is 1. The van der Waals surface area contributed by atoms with Crippen molar-refractivity contribution in [2.24, 2.45) is 5.92 Å². The van der Waals surface area contributed by atoms with Crippen molar-refractivity contribution in [1.82, 2.24) is 10.2 Å². The molecule has 3 rings (SSSR count). The van der Waals surface area contributed by atoms with Gasteiger partial charge in [0.2, 0.25) is 0 Å². The molecular formula is C18H22N2O. The summed E-state index contributed by atoms with van der Waals surface area (Å²) in [4.78, 5) is 14.3. The van der Waals surface area contributed by atoms with E-state index in [2.05, 4.69) is 17.2 Å². The van der Waals surface area contributed by atoms with Gasteiger partial charge in [-0.05, 0) is 50.3 Å². The average molecular weight is 282 g/mol. The molecule has 1 aromatic rings. The van der Waals surface area contributed by atoms with Crippen LogP contribution in [0.25, 0.3) is 0 Å². The Bertz CT molecular complexity index is 533. The van der Waals surface area contributed by atoms with Crippen LogP contribution >= 0.6 is 0 Å². The molecular weight excluding hydrogens is 260 g/mol. The lowest BCUT2D eigenvalue weighted by molar-refractivity contribution is -0.125. The van der Waals surface area contributed by atoms with Gasteiger partial charge in [0, 0.05) is 30.6 Å². The van der Waals surface area contributed by atoms with E-state index < -0.39 is 0 Å². The highest BCUT2D eigenvalue weighted by Gasteiger charge is 2.28. The lowest BCUT2D eigenvalue weighted by atomic mass is 10.2. The summed E-state index contributed by atoms with van der Waals surface area (Å²) in [5, 5.41) is 3.47. The molecule has 3 nitrogen and oxygen atoms in total. The minimum absolute atomic E-state index is 0.0283. The van der Waals surface area contributed by atoms with Gasteiger partial charge in [0.25, 0.3) is 5.91 Å². The van der Waals surface area contributed by atoms with Crippen LogP contribution in [0.2, 0.25) is 0 Å². The average Bonchev–Trinajstić information content (AvgIpc) is 3.18. The monoisotopic (exact) mass is 282 g/mol. The summed E-state index contributed by atoms with van der Waals surface area (Å²) in [5.41, 5.74) is 0.899. The number of hydrogen-bond acceptors (Lipinski definition) is 2. The van der Waals surface area contributed by atoms with Crippen LogP contribution in [0, 0.1) is 17.8 Å². The number of benzene rings is 1. The molecule has 1 heterocycles. The van der Waals surface area contributed by atoms with E-state index in [1.54, 1.807) is 0 Å². The molecule has 21 heavy (non-hydrogen) atoms. The predicted molar refractivity (Wildman–Crippen MR) is 83.6 cm³/mol. The molecule has 2 fully saturated rings. The Hall–Kier alpha value is -1.79. The van der Waals surface area contributed by atoms with Crippen LogP contribution in [0.5, 0.6) is 0 Å². The molecule has 0 spiro atoms. The van der Waals surface area contributed by atoms with Crippen LogP contribution in [0.3, 0.4) is 0 Å². The van der Waals surface area contributed by atoms with Crippen LogP contribution in [0.15, 0.2) is 30.3 Å². The summed E-state index contributed by atoms with van der Waals surface area (Å²) in [6.07, 6.45) is 4.90. The Balaban J connectivity index is 1.63. The van der Waals surface area contributed by atoms with Crippen molar-refractivity contribution in [1.29, 1.82) is 0 Å². The van der Waals surface area contributed by atoms with Gasteiger partial charge in [0.15, 0.2) is 0 Å². The number of rotatable bonds is 4. The number of amides is 1. The quantitative estimate of drug-likeness (QED) is 0.857. The van der Waals surface area contributed by atoms with E-state index in [4.69, 9.17) is 0 Å². The minimum Gasteiger partial charge on any atom is -0.330 e. The van der Waals surface area contributed by atoms with Crippen molar-refractivity contribution >= 4 is 5.91 Å². The fraction of sp³-hybridized carbons (Fsp3) is 0.500. The maximum Gasteiger partial charge on any atom is 0.298 e. The Kier molecular flexibility index (Phi) is 4.57. The summed E-state index contributed by atoms with van der Waals surface area (Å²) in [5.74, 6) is 6.47. The zero-order chi connectivity index (χ0) is 14.5. The van der Waals surface area contributed by atoms with E-state index in [1.165, 1.54) is 25.7 Å². The normalized spacial score (nSPS) is 20.7. The van der Waals surface area contributed by atoms with Crippen LogP contribution in [-0.4, -0.2) is 36.5 Å². The molecule has 1 N–H and O–H groups in total. The highest BCUT2D eigenvalue weighted by Crippen LogP contribution is 2.30. The number of nitrogens with one attached hydrogen (secondary N) is 1. The molecule has 0 radical (unpaired) electrons. The van der Waals surface area contributed by atoms with Crippen LogP contribution in [0.1, 0.15) is 31.2 Å². The predicted octanol–water partition coefficient (Wildman–Crippen LogP) is 2.03. The fourth-order valence-electron chi connectivity index (χ4n) is 2.76. The molecule has 2 aliphatic rings. The van der Waals surface area contributed by atoms with Gasteiger partial charge in [-0.25, -0.2) is 0 Å². The first-order valence-electron chi connectivity index (χ1n) is 7.90. The smallest absolute Gasteiger partial charge is 0.298 e. The Morgan fingerprint density at radius 3 is 2.67 bits per heavy atom. The van der Waals surface area contributed by atoms with E-state index in [1.807, 2.05) is 35.2 Å². The molecule has 0 bridgehead atoms. The van der Waals surface area contributed by atoms with Gasteiger partial charge in [-0.2, -0.15) is 0 Å². The largest absolute Gasteiger partial charge is 0.330 e. The van der Waals surface area contributed by atoms with E-state index in [0.29, 0.717) is 12.0 Å². The topological polar surface area (TPSA) is 32.3 Å². The molecule has 1 aromatic carbocycles. The van der Waals surface area contributed by atoms with Gasteiger partial charge >= 0.3 is 0 Å². The van der Waals surface area contributed by atoms with Gasteiger partial charge in [-0.15, -0.1) is 0 Å². The first kappa shape index (κ1) is 14.2. The second kappa shape index (κ2) is 6.78. The summed E-state index contributed by atoms with van der Waals surface area (Å²) in [6.45, 7) is 2.76. The first-order chi connectivity index (χ1) is 10.3. The second-order valence-electron chi connectivity index (χ2n) is 6.06. The SMILES string of the molecule is O=C(C#Cc1ccccc1)N(CC1CC1)CC1CCCN1. The molecule has 110 valence electrons. The summed E-state index contributed by atoms with van der Waals surface area (Å²) in [7, 11) is 0. The zero-order valence-electron chi connectivity index (χ0n) is 12.3. The molecule has 1 aliphatic carbocycles. The van der Waals surface area contributed by atoms with E-state index in [0.717, 1.165) is 25.2 Å². The van der Waals surface area contributed by atoms with Crippen LogP contribution < -0.4 is 5.32 Å². The lowest BCUT2D eigenvalue weighted by Gasteiger charge is -2.23. The highest BCUT2D eigenvalue weighted by molar-refractivity contribution is 5.94. The third-order valence-electron chi connectivity index (χ3n) is 4.15. The fourth-order valence-corrected chi connectivity index (χ4v) is 2.76. The van der Waals surface area contributed by atoms with Crippen molar-refractivity contribution in [2.45, 2.75) is 31.7 Å². The molecule has 1 saturated carbocycles. The third kappa shape index (κ3) is 4.34. The van der Waals surface area contributed by atoms with Crippen LogP contribution in [0.4, 0.5) is 0 Å². The number of hydrogen-bond donors (Lipinski definition) is 1. The number of carbonyl (C=O) groups excluding carboxylic acids is 1. The Morgan fingerprint density at radius 2 is 2.00 bits per heavy atom. The maximum absolute atomic E-state index is 12.4. The molecule has 1 atom stereocenters.